The van der Waals surface area contributed by atoms with Crippen LogP contribution in [-0.4, -0.2) is 36.4 Å². The Balaban J connectivity index is 1.88. The maximum Gasteiger partial charge on any atom is 0.421 e. The average molecular weight is 282 g/mol. The van der Waals surface area contributed by atoms with Crippen molar-refractivity contribution in [1.82, 2.24) is 4.90 Å². The van der Waals surface area contributed by atoms with Crippen molar-refractivity contribution in [2.45, 2.75) is 31.5 Å². The fraction of sp³-hybridized carbons (Fsp3) is 0.500. The predicted molar refractivity (Wildman–Crippen MR) is 69.6 cm³/mol. The van der Waals surface area contributed by atoms with Crippen molar-refractivity contribution in [3.8, 4) is 0 Å². The highest BCUT2D eigenvalue weighted by Gasteiger charge is 2.60. The van der Waals surface area contributed by atoms with Crippen molar-refractivity contribution >= 4 is 11.8 Å². The average Bonchev–Trinajstić information content (AvgIpc) is 2.70. The maximum atomic E-state index is 14.5. The van der Waals surface area contributed by atoms with Crippen LogP contribution in [0.3, 0.4) is 0 Å². The first-order valence-electron chi connectivity index (χ1n) is 6.78. The number of benzene rings is 1. The van der Waals surface area contributed by atoms with Crippen LogP contribution in [-0.2, 0) is 4.74 Å². The first kappa shape index (κ1) is 13.3. The molecule has 1 aromatic carbocycles. The number of hydrogen-bond donors (Lipinski definition) is 0. The molecule has 2 heterocycles. The predicted octanol–water partition coefficient (Wildman–Crippen LogP) is 3.05. The maximum absolute atomic E-state index is 14.5. The third-order valence-corrected chi connectivity index (χ3v) is 3.73. The Morgan fingerprint density at radius 1 is 1.10 bits per heavy atom. The number of anilines is 1. The second kappa shape index (κ2) is 5.01. The molecule has 2 fully saturated rings. The van der Waals surface area contributed by atoms with Crippen molar-refractivity contribution in [2.75, 3.05) is 18.0 Å². The van der Waals surface area contributed by atoms with E-state index in [4.69, 9.17) is 4.74 Å². The molecule has 4 nitrogen and oxygen atoms in total. The SMILES string of the molecule is O=C1OC(N2CCCCC2)C(F)(F)N1c1ccccc1. The molecule has 2 saturated heterocycles. The molecule has 1 unspecified atom stereocenters. The Hall–Kier alpha value is -1.69. The Morgan fingerprint density at radius 2 is 1.75 bits per heavy atom. The molecule has 1 atom stereocenters. The highest BCUT2D eigenvalue weighted by Crippen LogP contribution is 2.39. The van der Waals surface area contributed by atoms with Crippen LogP contribution in [0, 0.1) is 0 Å². The van der Waals surface area contributed by atoms with Gasteiger partial charge in [-0.3, -0.25) is 4.90 Å². The largest absolute Gasteiger partial charge is 0.421 e. The second-order valence-electron chi connectivity index (χ2n) is 5.09. The topological polar surface area (TPSA) is 32.8 Å². The zero-order chi connectivity index (χ0) is 14.2. The van der Waals surface area contributed by atoms with Gasteiger partial charge in [0.05, 0.1) is 5.69 Å². The Bertz CT molecular complexity index is 489. The Morgan fingerprint density at radius 3 is 2.40 bits per heavy atom. The smallest absolute Gasteiger partial charge is 0.421 e. The van der Waals surface area contributed by atoms with Crippen LogP contribution in [0.5, 0.6) is 0 Å². The minimum Gasteiger partial charge on any atom is -0.421 e. The molecule has 0 aromatic heterocycles. The number of halogens is 2. The first-order valence-corrected chi connectivity index (χ1v) is 6.78. The minimum absolute atomic E-state index is 0.155. The van der Waals surface area contributed by atoms with E-state index in [1.807, 2.05) is 0 Å². The molecule has 3 rings (SSSR count). The number of piperidine rings is 1. The third-order valence-electron chi connectivity index (χ3n) is 3.73. The van der Waals surface area contributed by atoms with E-state index in [9.17, 15) is 13.6 Å². The number of amides is 1. The summed E-state index contributed by atoms with van der Waals surface area (Å²) in [6.45, 7) is 1.08. The van der Waals surface area contributed by atoms with E-state index in [2.05, 4.69) is 0 Å². The molecule has 2 aliphatic heterocycles. The number of hydrogen-bond acceptors (Lipinski definition) is 3. The van der Waals surface area contributed by atoms with Gasteiger partial charge in [0.2, 0.25) is 6.23 Å². The van der Waals surface area contributed by atoms with Crippen LogP contribution in [0.4, 0.5) is 19.3 Å². The normalized spacial score (nSPS) is 26.6. The number of cyclic esters (lactones) is 1. The Labute approximate surface area is 115 Å². The number of carbonyl (C=O) groups excluding carboxylic acids is 1. The fourth-order valence-corrected chi connectivity index (χ4v) is 2.75. The quantitative estimate of drug-likeness (QED) is 0.782. The second-order valence-corrected chi connectivity index (χ2v) is 5.09. The van der Waals surface area contributed by atoms with Gasteiger partial charge in [-0.25, -0.2) is 9.69 Å². The molecule has 1 amide bonds. The molecule has 0 spiro atoms. The van der Waals surface area contributed by atoms with Gasteiger partial charge >= 0.3 is 12.1 Å². The number of likely N-dealkylation sites (tertiary alicyclic amines) is 1. The molecular weight excluding hydrogens is 266 g/mol. The van der Waals surface area contributed by atoms with E-state index in [1.165, 1.54) is 12.1 Å². The lowest BCUT2D eigenvalue weighted by Gasteiger charge is -2.33. The number of rotatable bonds is 2. The molecule has 0 aliphatic carbocycles. The van der Waals surface area contributed by atoms with Crippen molar-refractivity contribution in [2.24, 2.45) is 0 Å². The summed E-state index contributed by atoms with van der Waals surface area (Å²) in [5, 5.41) is 0. The lowest BCUT2D eigenvalue weighted by atomic mass is 10.1. The van der Waals surface area contributed by atoms with E-state index in [1.54, 1.807) is 23.1 Å². The summed E-state index contributed by atoms with van der Waals surface area (Å²) >= 11 is 0. The minimum atomic E-state index is -3.35. The van der Waals surface area contributed by atoms with E-state index in [0.717, 1.165) is 19.3 Å². The van der Waals surface area contributed by atoms with Gasteiger partial charge < -0.3 is 4.74 Å². The number of carbonyl (C=O) groups is 1. The molecule has 20 heavy (non-hydrogen) atoms. The van der Waals surface area contributed by atoms with Crippen LogP contribution >= 0.6 is 0 Å². The summed E-state index contributed by atoms with van der Waals surface area (Å²) in [4.78, 5) is 13.9. The van der Waals surface area contributed by atoms with Crippen LogP contribution in [0.1, 0.15) is 19.3 Å². The number of nitrogens with zero attached hydrogens (tertiary/aromatic N) is 2. The van der Waals surface area contributed by atoms with Crippen LogP contribution in [0.15, 0.2) is 30.3 Å². The summed E-state index contributed by atoms with van der Waals surface area (Å²) in [5.41, 5.74) is 0.155. The van der Waals surface area contributed by atoms with Gasteiger partial charge in [-0.2, -0.15) is 8.78 Å². The summed E-state index contributed by atoms with van der Waals surface area (Å²) in [7, 11) is 0. The third kappa shape index (κ3) is 2.14. The Kier molecular flexibility index (Phi) is 3.33. The van der Waals surface area contributed by atoms with Gasteiger partial charge in [-0.1, -0.05) is 24.6 Å². The van der Waals surface area contributed by atoms with Crippen molar-refractivity contribution in [3.63, 3.8) is 0 Å². The molecule has 0 N–H and O–H groups in total. The molecule has 0 saturated carbocycles. The standard InChI is InChI=1S/C14H16F2N2O2/c15-14(16)12(17-9-5-2-6-10-17)20-13(19)18(14)11-7-3-1-4-8-11/h1,3-4,7-8,12H,2,5-6,9-10H2. The summed E-state index contributed by atoms with van der Waals surface area (Å²) in [6, 6.07) is 4.56. The van der Waals surface area contributed by atoms with Gasteiger partial charge in [0.1, 0.15) is 0 Å². The fourth-order valence-electron chi connectivity index (χ4n) is 2.75. The molecule has 0 radical (unpaired) electrons. The van der Waals surface area contributed by atoms with Gasteiger partial charge in [-0.05, 0) is 25.0 Å². The highest BCUT2D eigenvalue weighted by atomic mass is 19.3. The van der Waals surface area contributed by atoms with Gasteiger partial charge in [-0.15, -0.1) is 0 Å². The number of para-hydroxylation sites is 1. The number of alkyl halides is 2. The zero-order valence-corrected chi connectivity index (χ0v) is 11.0. The van der Waals surface area contributed by atoms with E-state index in [-0.39, 0.29) is 5.69 Å². The number of ether oxygens (including phenoxy) is 1. The monoisotopic (exact) mass is 282 g/mol. The molecule has 1 aromatic rings. The van der Waals surface area contributed by atoms with Gasteiger partial charge in [0.15, 0.2) is 0 Å². The zero-order valence-electron chi connectivity index (χ0n) is 11.0. The van der Waals surface area contributed by atoms with Crippen molar-refractivity contribution < 1.29 is 18.3 Å². The first-order chi connectivity index (χ1) is 9.60. The molecule has 6 heteroatoms. The van der Waals surface area contributed by atoms with E-state index in [0.29, 0.717) is 18.0 Å². The summed E-state index contributed by atoms with van der Waals surface area (Å²) in [6.07, 6.45) is 0.267. The summed E-state index contributed by atoms with van der Waals surface area (Å²) < 4.78 is 34.0. The van der Waals surface area contributed by atoms with Crippen LogP contribution < -0.4 is 4.90 Å². The molecule has 108 valence electrons. The molecular formula is C14H16F2N2O2. The van der Waals surface area contributed by atoms with Crippen LogP contribution in [0.25, 0.3) is 0 Å². The summed E-state index contributed by atoms with van der Waals surface area (Å²) in [5.74, 6) is 0. The van der Waals surface area contributed by atoms with Crippen molar-refractivity contribution in [3.05, 3.63) is 30.3 Å². The van der Waals surface area contributed by atoms with Gasteiger partial charge in [0.25, 0.3) is 0 Å². The molecule has 0 bridgehead atoms. The van der Waals surface area contributed by atoms with Crippen molar-refractivity contribution in [1.29, 1.82) is 0 Å². The van der Waals surface area contributed by atoms with Crippen LogP contribution in [0.2, 0.25) is 0 Å². The van der Waals surface area contributed by atoms with E-state index >= 15 is 0 Å². The van der Waals surface area contributed by atoms with E-state index < -0.39 is 18.4 Å². The van der Waals surface area contributed by atoms with Gasteiger partial charge in [0, 0.05) is 13.1 Å². The molecule has 2 aliphatic rings. The highest BCUT2D eigenvalue weighted by molar-refractivity contribution is 5.90. The lowest BCUT2D eigenvalue weighted by molar-refractivity contribution is -0.139. The lowest BCUT2D eigenvalue weighted by Crippen LogP contribution is -2.52.